The lowest BCUT2D eigenvalue weighted by Gasteiger charge is -2.32. The number of nitrogens with two attached hydrogens (primary N) is 1. The van der Waals surface area contributed by atoms with Crippen molar-refractivity contribution in [2.45, 2.75) is 58.4 Å². The van der Waals surface area contributed by atoms with Gasteiger partial charge in [0.2, 0.25) is 0 Å². The molecule has 0 atom stereocenters. The van der Waals surface area contributed by atoms with Crippen LogP contribution in [0.5, 0.6) is 0 Å². The highest BCUT2D eigenvalue weighted by Crippen LogP contribution is 2.08. The maximum Gasteiger partial charge on any atom is 0.0109 e. The van der Waals surface area contributed by atoms with Crippen molar-refractivity contribution < 1.29 is 0 Å². The van der Waals surface area contributed by atoms with Crippen LogP contribution in [-0.2, 0) is 0 Å². The molecular weight excluding hydrogens is 222 g/mol. The minimum Gasteiger partial charge on any atom is -0.328 e. The minimum absolute atomic E-state index is 0.456. The molecule has 2 N–H and O–H groups in total. The van der Waals surface area contributed by atoms with E-state index in [1.54, 1.807) is 0 Å². The topological polar surface area (TPSA) is 32.5 Å². The third-order valence-corrected chi connectivity index (χ3v) is 4.02. The minimum atomic E-state index is 0.456. The third-order valence-electron chi connectivity index (χ3n) is 4.02. The van der Waals surface area contributed by atoms with Gasteiger partial charge in [-0.25, -0.2) is 0 Å². The summed E-state index contributed by atoms with van der Waals surface area (Å²) >= 11 is 0. The van der Waals surface area contributed by atoms with E-state index in [4.69, 9.17) is 5.73 Å². The molecule has 0 radical (unpaired) electrons. The molecule has 18 heavy (non-hydrogen) atoms. The van der Waals surface area contributed by atoms with E-state index in [0.29, 0.717) is 6.04 Å². The smallest absolute Gasteiger partial charge is 0.0109 e. The van der Waals surface area contributed by atoms with Gasteiger partial charge in [0.15, 0.2) is 0 Å². The number of unbranched alkanes of at least 4 members (excludes halogenated alkanes) is 2. The predicted octanol–water partition coefficient (Wildman–Crippen LogP) is 2.31. The van der Waals surface area contributed by atoms with Gasteiger partial charge in [0.05, 0.1) is 0 Å². The number of rotatable bonds is 9. The molecule has 108 valence electrons. The lowest BCUT2D eigenvalue weighted by atomic mass is 10.1. The van der Waals surface area contributed by atoms with Crippen molar-refractivity contribution in [3.05, 3.63) is 0 Å². The second kappa shape index (κ2) is 9.76. The Bertz CT molecular complexity index is 180. The molecule has 0 aliphatic carbocycles. The van der Waals surface area contributed by atoms with Gasteiger partial charge in [-0.3, -0.25) is 0 Å². The molecule has 0 aromatic heterocycles. The number of hydrogen-bond acceptors (Lipinski definition) is 3. The fourth-order valence-corrected chi connectivity index (χ4v) is 2.56. The van der Waals surface area contributed by atoms with Crippen molar-refractivity contribution in [3.63, 3.8) is 0 Å². The van der Waals surface area contributed by atoms with Crippen LogP contribution in [0.1, 0.15) is 52.4 Å². The van der Waals surface area contributed by atoms with Crippen LogP contribution in [0.15, 0.2) is 0 Å². The summed E-state index contributed by atoms with van der Waals surface area (Å²) in [7, 11) is 0. The maximum atomic E-state index is 5.95. The van der Waals surface area contributed by atoms with E-state index < -0.39 is 0 Å². The molecule has 0 unspecified atom stereocenters. The first kappa shape index (κ1) is 15.9. The summed E-state index contributed by atoms with van der Waals surface area (Å²) < 4.78 is 0. The number of nitrogens with zero attached hydrogens (tertiary/aromatic N) is 2. The molecule has 0 bridgehead atoms. The zero-order valence-electron chi connectivity index (χ0n) is 12.5. The highest BCUT2D eigenvalue weighted by molar-refractivity contribution is 4.74. The van der Waals surface area contributed by atoms with E-state index >= 15 is 0 Å². The Morgan fingerprint density at radius 2 is 1.56 bits per heavy atom. The fraction of sp³-hybridized carbons (Fsp3) is 1.00. The molecule has 0 amide bonds. The summed E-state index contributed by atoms with van der Waals surface area (Å²) in [6.45, 7) is 12.0. The molecule has 1 heterocycles. The lowest BCUT2D eigenvalue weighted by molar-refractivity contribution is 0.171. The van der Waals surface area contributed by atoms with Gasteiger partial charge < -0.3 is 15.5 Å². The summed E-state index contributed by atoms with van der Waals surface area (Å²) in [5.41, 5.74) is 5.95. The number of piperidine rings is 1. The highest BCUT2D eigenvalue weighted by Gasteiger charge is 2.16. The van der Waals surface area contributed by atoms with E-state index in [2.05, 4.69) is 23.6 Å². The van der Waals surface area contributed by atoms with E-state index in [0.717, 1.165) is 0 Å². The average molecular weight is 255 g/mol. The molecule has 1 fully saturated rings. The number of hydrogen-bond donors (Lipinski definition) is 1. The van der Waals surface area contributed by atoms with Crippen molar-refractivity contribution in [3.8, 4) is 0 Å². The average Bonchev–Trinajstić information content (AvgIpc) is 2.40. The second-order valence-corrected chi connectivity index (χ2v) is 5.73. The SMILES string of the molecule is CCCCN(CCCC)CCN1CCC(N)CC1. The van der Waals surface area contributed by atoms with Crippen LogP contribution in [0.2, 0.25) is 0 Å². The molecule has 3 nitrogen and oxygen atoms in total. The van der Waals surface area contributed by atoms with Crippen LogP contribution < -0.4 is 5.73 Å². The second-order valence-electron chi connectivity index (χ2n) is 5.73. The van der Waals surface area contributed by atoms with Crippen molar-refractivity contribution >= 4 is 0 Å². The van der Waals surface area contributed by atoms with Gasteiger partial charge >= 0.3 is 0 Å². The normalized spacial score (nSPS) is 18.7. The first-order chi connectivity index (χ1) is 8.76. The largest absolute Gasteiger partial charge is 0.328 e. The Kier molecular flexibility index (Phi) is 8.64. The molecular formula is C15H33N3. The van der Waals surface area contributed by atoms with Crippen LogP contribution in [0.4, 0.5) is 0 Å². The third kappa shape index (κ3) is 6.72. The molecule has 0 spiro atoms. The maximum absolute atomic E-state index is 5.95. The molecule has 3 heteroatoms. The molecule has 1 rings (SSSR count). The van der Waals surface area contributed by atoms with Crippen molar-refractivity contribution in [1.29, 1.82) is 0 Å². The summed E-state index contributed by atoms with van der Waals surface area (Å²) in [6.07, 6.45) is 7.67. The van der Waals surface area contributed by atoms with Gasteiger partial charge in [0.25, 0.3) is 0 Å². The van der Waals surface area contributed by atoms with E-state index in [1.165, 1.54) is 77.8 Å². The molecule has 0 aromatic rings. The molecule has 0 saturated carbocycles. The van der Waals surface area contributed by atoms with Crippen LogP contribution >= 0.6 is 0 Å². The van der Waals surface area contributed by atoms with Crippen LogP contribution in [0.25, 0.3) is 0 Å². The van der Waals surface area contributed by atoms with E-state index in [9.17, 15) is 0 Å². The first-order valence-corrected chi connectivity index (χ1v) is 7.96. The molecule has 1 saturated heterocycles. The van der Waals surface area contributed by atoms with Gasteiger partial charge in [0, 0.05) is 19.1 Å². The molecule has 1 aliphatic rings. The standard InChI is InChI=1S/C15H33N3/c1-3-5-9-17(10-6-4-2)13-14-18-11-7-15(16)8-12-18/h15H,3-14,16H2,1-2H3. The monoisotopic (exact) mass is 255 g/mol. The summed E-state index contributed by atoms with van der Waals surface area (Å²) in [4.78, 5) is 5.25. The molecule has 0 aromatic carbocycles. The fourth-order valence-electron chi connectivity index (χ4n) is 2.56. The van der Waals surface area contributed by atoms with Crippen LogP contribution in [0.3, 0.4) is 0 Å². The first-order valence-electron chi connectivity index (χ1n) is 7.96. The Balaban J connectivity index is 2.18. The van der Waals surface area contributed by atoms with Gasteiger partial charge in [-0.15, -0.1) is 0 Å². The predicted molar refractivity (Wildman–Crippen MR) is 79.9 cm³/mol. The zero-order chi connectivity index (χ0) is 13.2. The van der Waals surface area contributed by atoms with Crippen molar-refractivity contribution in [2.24, 2.45) is 5.73 Å². The Morgan fingerprint density at radius 1 is 1.00 bits per heavy atom. The van der Waals surface area contributed by atoms with Gasteiger partial charge in [0.1, 0.15) is 0 Å². The Morgan fingerprint density at radius 3 is 2.06 bits per heavy atom. The quantitative estimate of drug-likeness (QED) is 0.686. The van der Waals surface area contributed by atoms with Gasteiger partial charge in [-0.05, 0) is 51.9 Å². The highest BCUT2D eigenvalue weighted by atomic mass is 15.2. The number of likely N-dealkylation sites (tertiary alicyclic amines) is 1. The van der Waals surface area contributed by atoms with Crippen LogP contribution in [0, 0.1) is 0 Å². The van der Waals surface area contributed by atoms with Crippen LogP contribution in [-0.4, -0.2) is 55.1 Å². The summed E-state index contributed by atoms with van der Waals surface area (Å²) in [6, 6.07) is 0.456. The summed E-state index contributed by atoms with van der Waals surface area (Å²) in [5.74, 6) is 0. The van der Waals surface area contributed by atoms with E-state index in [1.807, 2.05) is 0 Å². The summed E-state index contributed by atoms with van der Waals surface area (Å²) in [5, 5.41) is 0. The van der Waals surface area contributed by atoms with Gasteiger partial charge in [-0.1, -0.05) is 26.7 Å². The Labute approximate surface area is 114 Å². The lowest BCUT2D eigenvalue weighted by Crippen LogP contribution is -2.43. The molecule has 1 aliphatic heterocycles. The Hall–Kier alpha value is -0.120. The van der Waals surface area contributed by atoms with Gasteiger partial charge in [-0.2, -0.15) is 0 Å². The zero-order valence-corrected chi connectivity index (χ0v) is 12.5. The van der Waals surface area contributed by atoms with Crippen molar-refractivity contribution in [1.82, 2.24) is 9.80 Å². The van der Waals surface area contributed by atoms with Crippen molar-refractivity contribution in [2.75, 3.05) is 39.3 Å². The van der Waals surface area contributed by atoms with E-state index in [-0.39, 0.29) is 0 Å².